The van der Waals surface area contributed by atoms with Crippen LogP contribution in [0.5, 0.6) is 0 Å². The summed E-state index contributed by atoms with van der Waals surface area (Å²) in [5.74, 6) is 1.04. The first-order valence-corrected chi connectivity index (χ1v) is 6.67. The number of hydrogen-bond donors (Lipinski definition) is 1. The van der Waals surface area contributed by atoms with Crippen molar-refractivity contribution in [2.75, 3.05) is 0 Å². The van der Waals surface area contributed by atoms with Crippen LogP contribution in [0.2, 0.25) is 0 Å². The maximum atomic E-state index is 4.37. The molecule has 0 aliphatic carbocycles. The Labute approximate surface area is 106 Å². The third-order valence-electron chi connectivity index (χ3n) is 2.61. The van der Waals surface area contributed by atoms with Crippen LogP contribution in [0, 0.1) is 6.92 Å². The van der Waals surface area contributed by atoms with Crippen molar-refractivity contribution in [3.8, 4) is 0 Å². The van der Waals surface area contributed by atoms with Crippen LogP contribution in [0.15, 0.2) is 17.8 Å². The zero-order chi connectivity index (χ0) is 12.3. The van der Waals surface area contributed by atoms with Crippen molar-refractivity contribution >= 4 is 11.3 Å². The highest BCUT2D eigenvalue weighted by molar-refractivity contribution is 7.09. The SMILES string of the molecule is Cc1ncc(CNC(C)C)n1Cc1nccs1. The van der Waals surface area contributed by atoms with E-state index in [2.05, 4.69) is 33.7 Å². The molecule has 0 aliphatic heterocycles. The number of rotatable bonds is 5. The van der Waals surface area contributed by atoms with E-state index in [1.54, 1.807) is 11.3 Å². The van der Waals surface area contributed by atoms with Gasteiger partial charge in [-0.1, -0.05) is 13.8 Å². The number of imidazole rings is 1. The molecule has 0 aliphatic rings. The number of aromatic nitrogens is 3. The van der Waals surface area contributed by atoms with E-state index in [4.69, 9.17) is 0 Å². The van der Waals surface area contributed by atoms with Crippen LogP contribution in [-0.4, -0.2) is 20.6 Å². The lowest BCUT2D eigenvalue weighted by atomic mass is 10.3. The standard InChI is InChI=1S/C12H18N4S/c1-9(2)14-6-11-7-15-10(3)16(11)8-12-13-4-5-17-12/h4-5,7,9,14H,6,8H2,1-3H3. The third-order valence-corrected chi connectivity index (χ3v) is 3.37. The molecule has 0 saturated carbocycles. The number of nitrogens with one attached hydrogen (secondary N) is 1. The van der Waals surface area contributed by atoms with Gasteiger partial charge in [-0.25, -0.2) is 9.97 Å². The third kappa shape index (κ3) is 3.14. The fourth-order valence-corrected chi connectivity index (χ4v) is 2.25. The lowest BCUT2D eigenvalue weighted by molar-refractivity contribution is 0.561. The van der Waals surface area contributed by atoms with Gasteiger partial charge in [0.1, 0.15) is 10.8 Å². The molecule has 0 spiro atoms. The summed E-state index contributed by atoms with van der Waals surface area (Å²) in [7, 11) is 0. The van der Waals surface area contributed by atoms with Gasteiger partial charge in [0.05, 0.1) is 12.2 Å². The lowest BCUT2D eigenvalue weighted by Gasteiger charge is -2.11. The first-order valence-electron chi connectivity index (χ1n) is 5.79. The summed E-state index contributed by atoms with van der Waals surface area (Å²) in [5, 5.41) is 6.55. The molecule has 2 heterocycles. The number of thiazole rings is 1. The van der Waals surface area contributed by atoms with Gasteiger partial charge in [0, 0.05) is 30.4 Å². The molecule has 0 bridgehead atoms. The molecule has 92 valence electrons. The molecule has 5 heteroatoms. The van der Waals surface area contributed by atoms with E-state index in [-0.39, 0.29) is 0 Å². The van der Waals surface area contributed by atoms with Crippen molar-refractivity contribution in [3.63, 3.8) is 0 Å². The highest BCUT2D eigenvalue weighted by Crippen LogP contribution is 2.11. The van der Waals surface area contributed by atoms with Gasteiger partial charge in [0.2, 0.25) is 0 Å². The molecular formula is C12H18N4S. The Balaban J connectivity index is 2.12. The van der Waals surface area contributed by atoms with E-state index in [1.165, 1.54) is 5.69 Å². The van der Waals surface area contributed by atoms with Gasteiger partial charge in [-0.05, 0) is 6.92 Å². The average Bonchev–Trinajstić information content (AvgIpc) is 2.89. The van der Waals surface area contributed by atoms with Gasteiger partial charge in [0.15, 0.2) is 0 Å². The van der Waals surface area contributed by atoms with E-state index in [0.29, 0.717) is 6.04 Å². The lowest BCUT2D eigenvalue weighted by Crippen LogP contribution is -2.23. The molecule has 17 heavy (non-hydrogen) atoms. The Morgan fingerprint density at radius 1 is 1.41 bits per heavy atom. The normalized spacial score (nSPS) is 11.3. The predicted molar refractivity (Wildman–Crippen MR) is 70.2 cm³/mol. The monoisotopic (exact) mass is 250 g/mol. The summed E-state index contributed by atoms with van der Waals surface area (Å²) in [5.41, 5.74) is 1.21. The summed E-state index contributed by atoms with van der Waals surface area (Å²) in [4.78, 5) is 8.69. The van der Waals surface area contributed by atoms with Crippen molar-refractivity contribution < 1.29 is 0 Å². The summed E-state index contributed by atoms with van der Waals surface area (Å²) < 4.78 is 2.22. The minimum atomic E-state index is 0.485. The quantitative estimate of drug-likeness (QED) is 0.884. The molecule has 0 atom stereocenters. The highest BCUT2D eigenvalue weighted by Gasteiger charge is 2.08. The summed E-state index contributed by atoms with van der Waals surface area (Å²) in [6.07, 6.45) is 3.79. The van der Waals surface area contributed by atoms with Gasteiger partial charge in [-0.2, -0.15) is 0 Å². The Morgan fingerprint density at radius 2 is 2.24 bits per heavy atom. The van der Waals surface area contributed by atoms with Crippen molar-refractivity contribution in [2.24, 2.45) is 0 Å². The molecule has 0 fully saturated rings. The Kier molecular flexibility index (Phi) is 3.91. The molecule has 0 saturated heterocycles. The van der Waals surface area contributed by atoms with Gasteiger partial charge >= 0.3 is 0 Å². The molecule has 4 nitrogen and oxygen atoms in total. The number of nitrogens with zero attached hydrogens (tertiary/aromatic N) is 3. The molecule has 0 aromatic carbocycles. The zero-order valence-electron chi connectivity index (χ0n) is 10.5. The van der Waals surface area contributed by atoms with E-state index < -0.39 is 0 Å². The topological polar surface area (TPSA) is 42.7 Å². The summed E-state index contributed by atoms with van der Waals surface area (Å²) in [6.45, 7) is 8.00. The van der Waals surface area contributed by atoms with Crippen molar-refractivity contribution in [1.82, 2.24) is 19.9 Å². The first-order chi connectivity index (χ1) is 8.16. The van der Waals surface area contributed by atoms with E-state index in [1.807, 2.05) is 24.7 Å². The minimum absolute atomic E-state index is 0.485. The molecule has 0 amide bonds. The van der Waals surface area contributed by atoms with Crippen molar-refractivity contribution in [1.29, 1.82) is 0 Å². The predicted octanol–water partition coefficient (Wildman–Crippen LogP) is 2.19. The summed E-state index contributed by atoms with van der Waals surface area (Å²) in [6, 6.07) is 0.485. The van der Waals surface area contributed by atoms with Crippen LogP contribution >= 0.6 is 11.3 Å². The number of hydrogen-bond acceptors (Lipinski definition) is 4. The van der Waals surface area contributed by atoms with Crippen LogP contribution in [0.25, 0.3) is 0 Å². The molecule has 2 rings (SSSR count). The smallest absolute Gasteiger partial charge is 0.112 e. The van der Waals surface area contributed by atoms with Gasteiger partial charge < -0.3 is 9.88 Å². The second-order valence-corrected chi connectivity index (χ2v) is 5.32. The molecule has 0 unspecified atom stereocenters. The largest absolute Gasteiger partial charge is 0.324 e. The van der Waals surface area contributed by atoms with Crippen molar-refractivity contribution in [2.45, 2.75) is 39.9 Å². The van der Waals surface area contributed by atoms with Crippen LogP contribution in [-0.2, 0) is 13.1 Å². The maximum absolute atomic E-state index is 4.37. The van der Waals surface area contributed by atoms with Crippen molar-refractivity contribution in [3.05, 3.63) is 34.3 Å². The van der Waals surface area contributed by atoms with Gasteiger partial charge in [-0.3, -0.25) is 0 Å². The fraction of sp³-hybridized carbons (Fsp3) is 0.500. The van der Waals surface area contributed by atoms with E-state index in [0.717, 1.165) is 23.9 Å². The molecule has 2 aromatic rings. The van der Waals surface area contributed by atoms with Gasteiger partial charge in [-0.15, -0.1) is 11.3 Å². The Bertz CT molecular complexity index is 459. The van der Waals surface area contributed by atoms with Crippen LogP contribution in [0.3, 0.4) is 0 Å². The van der Waals surface area contributed by atoms with E-state index >= 15 is 0 Å². The second-order valence-electron chi connectivity index (χ2n) is 4.34. The Hall–Kier alpha value is -1.20. The average molecular weight is 250 g/mol. The molecule has 0 radical (unpaired) electrons. The highest BCUT2D eigenvalue weighted by atomic mass is 32.1. The first kappa shape index (κ1) is 12.3. The maximum Gasteiger partial charge on any atom is 0.112 e. The van der Waals surface area contributed by atoms with E-state index in [9.17, 15) is 0 Å². The fourth-order valence-electron chi connectivity index (χ4n) is 1.65. The van der Waals surface area contributed by atoms with Crippen LogP contribution < -0.4 is 5.32 Å². The minimum Gasteiger partial charge on any atom is -0.324 e. The zero-order valence-corrected chi connectivity index (χ0v) is 11.3. The van der Waals surface area contributed by atoms with Gasteiger partial charge in [0.25, 0.3) is 0 Å². The van der Waals surface area contributed by atoms with Crippen LogP contribution in [0.1, 0.15) is 30.4 Å². The number of aryl methyl sites for hydroxylation is 1. The Morgan fingerprint density at radius 3 is 2.88 bits per heavy atom. The second kappa shape index (κ2) is 5.42. The molecule has 1 N–H and O–H groups in total. The van der Waals surface area contributed by atoms with Crippen LogP contribution in [0.4, 0.5) is 0 Å². The molecule has 2 aromatic heterocycles. The summed E-state index contributed by atoms with van der Waals surface area (Å²) >= 11 is 1.68. The molecular weight excluding hydrogens is 232 g/mol.